The summed E-state index contributed by atoms with van der Waals surface area (Å²) in [7, 11) is 1.45. The molecule has 8 nitrogen and oxygen atoms in total. The normalized spacial score (nSPS) is 22.1. The number of carbonyl (C=O) groups excluding carboxylic acids is 2. The summed E-state index contributed by atoms with van der Waals surface area (Å²) in [5.74, 6) is -1.92. The summed E-state index contributed by atoms with van der Waals surface area (Å²) in [4.78, 5) is 38.5. The zero-order chi connectivity index (χ0) is 23.9. The van der Waals surface area contributed by atoms with Crippen LogP contribution in [0.3, 0.4) is 0 Å². The van der Waals surface area contributed by atoms with E-state index in [4.69, 9.17) is 9.47 Å². The Labute approximate surface area is 197 Å². The molecule has 5 rings (SSSR count). The van der Waals surface area contributed by atoms with Gasteiger partial charge in [-0.15, -0.1) is 0 Å². The van der Waals surface area contributed by atoms with E-state index in [1.165, 1.54) is 12.0 Å². The van der Waals surface area contributed by atoms with E-state index in [0.29, 0.717) is 12.8 Å². The second-order valence-corrected chi connectivity index (χ2v) is 9.43. The fourth-order valence-electron chi connectivity index (χ4n) is 5.20. The first kappa shape index (κ1) is 22.4. The van der Waals surface area contributed by atoms with Crippen LogP contribution in [0.25, 0.3) is 11.1 Å². The molecule has 2 aliphatic carbocycles. The minimum atomic E-state index is -0.972. The topological polar surface area (TPSA) is 105 Å². The van der Waals surface area contributed by atoms with Crippen LogP contribution in [0.2, 0.25) is 0 Å². The maximum atomic E-state index is 12.8. The Morgan fingerprint density at radius 3 is 2.18 bits per heavy atom. The van der Waals surface area contributed by atoms with E-state index >= 15 is 0 Å². The molecule has 2 N–H and O–H groups in total. The van der Waals surface area contributed by atoms with Gasteiger partial charge in [0.2, 0.25) is 5.91 Å². The smallest absolute Gasteiger partial charge is 0.407 e. The van der Waals surface area contributed by atoms with Gasteiger partial charge in [-0.1, -0.05) is 48.5 Å². The molecule has 2 unspecified atom stereocenters. The minimum absolute atomic E-state index is 0.0292. The highest BCUT2D eigenvalue weighted by molar-refractivity contribution is 5.82. The molecule has 0 radical (unpaired) electrons. The van der Waals surface area contributed by atoms with Gasteiger partial charge < -0.3 is 24.8 Å². The molecule has 2 aromatic rings. The van der Waals surface area contributed by atoms with Crippen molar-refractivity contribution in [3.63, 3.8) is 0 Å². The van der Waals surface area contributed by atoms with E-state index in [-0.39, 0.29) is 37.9 Å². The number of rotatable bonds is 7. The lowest BCUT2D eigenvalue weighted by Gasteiger charge is -2.22. The van der Waals surface area contributed by atoms with Crippen molar-refractivity contribution in [2.75, 3.05) is 26.8 Å². The molecule has 0 bridgehead atoms. The molecule has 1 saturated carbocycles. The van der Waals surface area contributed by atoms with E-state index in [2.05, 4.69) is 29.6 Å². The highest BCUT2D eigenvalue weighted by Crippen LogP contribution is 2.45. The summed E-state index contributed by atoms with van der Waals surface area (Å²) < 4.78 is 10.9. The molecule has 0 aromatic heterocycles. The number of hydrogen-bond donors (Lipinski definition) is 2. The highest BCUT2D eigenvalue weighted by Gasteiger charge is 2.49. The first-order valence-electron chi connectivity index (χ1n) is 11.6. The molecule has 2 atom stereocenters. The zero-order valence-electron chi connectivity index (χ0n) is 19.0. The largest absolute Gasteiger partial charge is 0.481 e. The molecular weight excluding hydrogens is 436 g/mol. The SMILES string of the molecule is COC1CN(C(=O)CC2(NC(=O)OCC3c4ccccc4-c4ccccc43)CC2)CC1C(=O)O. The van der Waals surface area contributed by atoms with Gasteiger partial charge in [-0.05, 0) is 35.1 Å². The number of nitrogens with one attached hydrogen (secondary N) is 1. The number of carboxylic acids is 1. The zero-order valence-corrected chi connectivity index (χ0v) is 19.0. The van der Waals surface area contributed by atoms with Gasteiger partial charge in [0.1, 0.15) is 12.5 Å². The predicted octanol–water partition coefficient (Wildman–Crippen LogP) is 3.01. The van der Waals surface area contributed by atoms with Crippen molar-refractivity contribution in [3.05, 3.63) is 59.7 Å². The van der Waals surface area contributed by atoms with Crippen molar-refractivity contribution in [2.24, 2.45) is 5.92 Å². The number of alkyl carbamates (subject to hydrolysis) is 1. The average Bonchev–Trinajstić information content (AvgIpc) is 3.30. The maximum Gasteiger partial charge on any atom is 0.407 e. The van der Waals surface area contributed by atoms with Gasteiger partial charge in [-0.25, -0.2) is 4.79 Å². The number of nitrogens with zero attached hydrogens (tertiary/aromatic N) is 1. The number of aliphatic carboxylic acids is 1. The van der Waals surface area contributed by atoms with Gasteiger partial charge in [0.25, 0.3) is 0 Å². The fraction of sp³-hybridized carbons (Fsp3) is 0.423. The van der Waals surface area contributed by atoms with Crippen molar-refractivity contribution in [2.45, 2.75) is 36.8 Å². The van der Waals surface area contributed by atoms with Crippen LogP contribution in [0.15, 0.2) is 48.5 Å². The molecule has 2 amide bonds. The molecule has 1 aliphatic heterocycles. The number of likely N-dealkylation sites (tertiary alicyclic amines) is 1. The number of benzene rings is 2. The van der Waals surface area contributed by atoms with Gasteiger partial charge in [-0.2, -0.15) is 0 Å². The van der Waals surface area contributed by atoms with E-state index < -0.39 is 29.6 Å². The first-order chi connectivity index (χ1) is 16.4. The second kappa shape index (κ2) is 8.76. The predicted molar refractivity (Wildman–Crippen MR) is 123 cm³/mol. The lowest BCUT2D eigenvalue weighted by molar-refractivity contribution is -0.144. The first-order valence-corrected chi connectivity index (χ1v) is 11.6. The van der Waals surface area contributed by atoms with Crippen LogP contribution in [0.4, 0.5) is 4.79 Å². The standard InChI is InChI=1S/C26H28N2O6/c1-33-22-14-28(13-20(22)24(30)31)23(29)12-26(10-11-26)27-25(32)34-15-21-18-8-4-2-6-16(18)17-7-3-5-9-19(17)21/h2-9,20-22H,10-15H2,1H3,(H,27,32)(H,30,31). The molecule has 34 heavy (non-hydrogen) atoms. The number of fused-ring (bicyclic) bond motifs is 3. The monoisotopic (exact) mass is 464 g/mol. The molecule has 2 aromatic carbocycles. The lowest BCUT2D eigenvalue weighted by Crippen LogP contribution is -2.42. The van der Waals surface area contributed by atoms with Crippen LogP contribution in [0, 0.1) is 5.92 Å². The number of amides is 2. The molecule has 2 fully saturated rings. The van der Waals surface area contributed by atoms with Crippen molar-refractivity contribution in [1.29, 1.82) is 0 Å². The van der Waals surface area contributed by atoms with Crippen LogP contribution < -0.4 is 5.32 Å². The van der Waals surface area contributed by atoms with Crippen LogP contribution in [-0.4, -0.2) is 66.4 Å². The Bertz CT molecular complexity index is 1080. The summed E-state index contributed by atoms with van der Waals surface area (Å²) in [5, 5.41) is 12.3. The maximum absolute atomic E-state index is 12.8. The van der Waals surface area contributed by atoms with Crippen molar-refractivity contribution < 1.29 is 29.0 Å². The third kappa shape index (κ3) is 4.14. The lowest BCUT2D eigenvalue weighted by atomic mass is 9.98. The van der Waals surface area contributed by atoms with Crippen LogP contribution in [0.1, 0.15) is 36.3 Å². The number of hydrogen-bond acceptors (Lipinski definition) is 5. The number of methoxy groups -OCH3 is 1. The van der Waals surface area contributed by atoms with Crippen LogP contribution in [0.5, 0.6) is 0 Å². The van der Waals surface area contributed by atoms with E-state index in [1.807, 2.05) is 24.3 Å². The number of carboxylic acid groups (broad SMARTS) is 1. The van der Waals surface area contributed by atoms with Crippen molar-refractivity contribution >= 4 is 18.0 Å². The Balaban J connectivity index is 1.18. The summed E-state index contributed by atoms with van der Waals surface area (Å²) in [6, 6.07) is 16.3. The van der Waals surface area contributed by atoms with E-state index in [9.17, 15) is 19.5 Å². The van der Waals surface area contributed by atoms with Gasteiger partial charge in [-0.3, -0.25) is 9.59 Å². The molecule has 0 spiro atoms. The third-order valence-electron chi connectivity index (χ3n) is 7.29. The van der Waals surface area contributed by atoms with Crippen molar-refractivity contribution in [3.8, 4) is 11.1 Å². The van der Waals surface area contributed by atoms with Gasteiger partial charge in [0.15, 0.2) is 0 Å². The molecule has 3 aliphatic rings. The molecule has 8 heteroatoms. The number of ether oxygens (including phenoxy) is 2. The van der Waals surface area contributed by atoms with Gasteiger partial charge in [0.05, 0.1) is 18.1 Å². The molecular formula is C26H28N2O6. The Morgan fingerprint density at radius 1 is 1.03 bits per heavy atom. The third-order valence-corrected chi connectivity index (χ3v) is 7.29. The summed E-state index contributed by atoms with van der Waals surface area (Å²) in [5.41, 5.74) is 3.99. The second-order valence-electron chi connectivity index (χ2n) is 9.43. The quantitative estimate of drug-likeness (QED) is 0.653. The summed E-state index contributed by atoms with van der Waals surface area (Å²) in [6.45, 7) is 0.576. The molecule has 178 valence electrons. The van der Waals surface area contributed by atoms with E-state index in [1.54, 1.807) is 0 Å². The molecule has 1 heterocycles. The van der Waals surface area contributed by atoms with E-state index in [0.717, 1.165) is 22.3 Å². The van der Waals surface area contributed by atoms with Crippen molar-refractivity contribution in [1.82, 2.24) is 10.2 Å². The highest BCUT2D eigenvalue weighted by atomic mass is 16.5. The fourth-order valence-corrected chi connectivity index (χ4v) is 5.20. The minimum Gasteiger partial charge on any atom is -0.481 e. The Morgan fingerprint density at radius 2 is 1.65 bits per heavy atom. The van der Waals surface area contributed by atoms with Gasteiger partial charge >= 0.3 is 12.1 Å². The Kier molecular flexibility index (Phi) is 5.77. The number of carbonyl (C=O) groups is 3. The summed E-state index contributed by atoms with van der Waals surface area (Å²) in [6.07, 6.45) is 0.443. The van der Waals surface area contributed by atoms with Gasteiger partial charge in [0, 0.05) is 26.1 Å². The average molecular weight is 465 g/mol. The van der Waals surface area contributed by atoms with Crippen LogP contribution >= 0.6 is 0 Å². The Hall–Kier alpha value is -3.39. The summed E-state index contributed by atoms with van der Waals surface area (Å²) >= 11 is 0. The van der Waals surface area contributed by atoms with Crippen LogP contribution in [-0.2, 0) is 19.1 Å². The molecule has 1 saturated heterocycles.